The number of sulfonamides is 1. The monoisotopic (exact) mass is 407 g/mol. The van der Waals surface area contributed by atoms with Crippen LogP contribution < -0.4 is 11.1 Å². The Morgan fingerprint density at radius 3 is 2.54 bits per heavy atom. The van der Waals surface area contributed by atoms with E-state index in [2.05, 4.69) is 10.3 Å². The molecule has 2 rings (SSSR count). The van der Waals surface area contributed by atoms with Crippen molar-refractivity contribution in [3.8, 4) is 0 Å². The lowest BCUT2D eigenvalue weighted by Gasteiger charge is -2.31. The first-order valence-corrected chi connectivity index (χ1v) is 11.7. The van der Waals surface area contributed by atoms with Gasteiger partial charge in [-0.15, -0.1) is 0 Å². The Bertz CT molecular complexity index is 585. The molecule has 0 spiro atoms. The fourth-order valence-electron chi connectivity index (χ4n) is 2.91. The van der Waals surface area contributed by atoms with E-state index in [1.54, 1.807) is 23.6 Å². The number of rotatable bonds is 6. The van der Waals surface area contributed by atoms with Gasteiger partial charge in [-0.2, -0.15) is 11.8 Å². The molecule has 0 saturated carbocycles. The van der Waals surface area contributed by atoms with Crippen LogP contribution in [-0.2, 0) is 14.8 Å². The predicted octanol–water partition coefficient (Wildman–Crippen LogP) is -0.110. The van der Waals surface area contributed by atoms with E-state index in [0.29, 0.717) is 32.8 Å². The molecule has 2 fully saturated rings. The quantitative estimate of drug-likeness (QED) is 0.466. The van der Waals surface area contributed by atoms with Crippen molar-refractivity contribution in [2.75, 3.05) is 56.6 Å². The SMILES string of the molecule is CCOC(=O)N1CCC(NC(N)=NCCS(=O)(=O)N2CCSCC2)CC1. The third kappa shape index (κ3) is 6.51. The summed E-state index contributed by atoms with van der Waals surface area (Å²) < 4.78 is 31.0. The van der Waals surface area contributed by atoms with Crippen LogP contribution in [0.2, 0.25) is 0 Å². The number of likely N-dealkylation sites (tertiary alicyclic amines) is 1. The van der Waals surface area contributed by atoms with Crippen molar-refractivity contribution < 1.29 is 17.9 Å². The molecule has 0 bridgehead atoms. The van der Waals surface area contributed by atoms with Gasteiger partial charge in [0.1, 0.15) is 0 Å². The maximum Gasteiger partial charge on any atom is 0.409 e. The summed E-state index contributed by atoms with van der Waals surface area (Å²) >= 11 is 1.77. The molecular formula is C15H29N5O4S2. The van der Waals surface area contributed by atoms with Gasteiger partial charge in [0, 0.05) is 43.7 Å². The van der Waals surface area contributed by atoms with Crippen LogP contribution in [-0.4, -0.2) is 92.3 Å². The first-order chi connectivity index (χ1) is 12.4. The second-order valence-corrected chi connectivity index (χ2v) is 9.51. The third-order valence-corrected chi connectivity index (χ3v) is 7.16. The van der Waals surface area contributed by atoms with Gasteiger partial charge in [-0.1, -0.05) is 0 Å². The van der Waals surface area contributed by atoms with Crippen molar-refractivity contribution >= 4 is 33.8 Å². The molecule has 0 atom stereocenters. The Morgan fingerprint density at radius 1 is 1.27 bits per heavy atom. The van der Waals surface area contributed by atoms with Crippen LogP contribution in [0.3, 0.4) is 0 Å². The van der Waals surface area contributed by atoms with Crippen molar-refractivity contribution in [3.63, 3.8) is 0 Å². The molecule has 3 N–H and O–H groups in total. The highest BCUT2D eigenvalue weighted by Gasteiger charge is 2.25. The number of piperidine rings is 1. The Labute approximate surface area is 159 Å². The lowest BCUT2D eigenvalue weighted by molar-refractivity contribution is 0.0963. The summed E-state index contributed by atoms with van der Waals surface area (Å²) in [5, 5.41) is 3.11. The summed E-state index contributed by atoms with van der Waals surface area (Å²) in [6.07, 6.45) is 1.21. The second-order valence-electron chi connectivity index (χ2n) is 6.20. The van der Waals surface area contributed by atoms with E-state index in [0.717, 1.165) is 24.3 Å². The van der Waals surface area contributed by atoms with Crippen LogP contribution in [0.5, 0.6) is 0 Å². The average molecular weight is 408 g/mol. The minimum atomic E-state index is -3.26. The molecule has 2 heterocycles. The molecule has 9 nitrogen and oxygen atoms in total. The Kier molecular flexibility index (Phi) is 8.29. The fourth-order valence-corrected chi connectivity index (χ4v) is 5.36. The van der Waals surface area contributed by atoms with E-state index in [-0.39, 0.29) is 30.4 Å². The highest BCUT2D eigenvalue weighted by molar-refractivity contribution is 7.99. The van der Waals surface area contributed by atoms with Gasteiger partial charge in [0.05, 0.1) is 18.9 Å². The number of nitrogens with one attached hydrogen (secondary N) is 1. The maximum atomic E-state index is 12.2. The lowest BCUT2D eigenvalue weighted by atomic mass is 10.1. The standard InChI is InChI=1S/C15H29N5O4S2/c1-2-24-15(21)19-6-3-13(4-7-19)18-14(16)17-5-12-26(22,23)20-8-10-25-11-9-20/h13H,2-12H2,1H3,(H3,16,17,18). The number of guanidine groups is 1. The Morgan fingerprint density at radius 2 is 1.92 bits per heavy atom. The largest absolute Gasteiger partial charge is 0.450 e. The summed E-state index contributed by atoms with van der Waals surface area (Å²) in [6.45, 7) is 4.65. The van der Waals surface area contributed by atoms with E-state index in [1.165, 1.54) is 4.31 Å². The lowest BCUT2D eigenvalue weighted by Crippen LogP contribution is -2.48. The molecule has 0 aliphatic carbocycles. The van der Waals surface area contributed by atoms with Gasteiger partial charge < -0.3 is 20.7 Å². The summed E-state index contributed by atoms with van der Waals surface area (Å²) in [5.41, 5.74) is 5.88. The van der Waals surface area contributed by atoms with Crippen molar-refractivity contribution in [1.29, 1.82) is 0 Å². The number of hydrogen-bond donors (Lipinski definition) is 2. The topological polar surface area (TPSA) is 117 Å². The van der Waals surface area contributed by atoms with Crippen LogP contribution in [0.15, 0.2) is 4.99 Å². The Hall–Kier alpha value is -1.20. The molecule has 26 heavy (non-hydrogen) atoms. The van der Waals surface area contributed by atoms with Crippen molar-refractivity contribution in [2.45, 2.75) is 25.8 Å². The Balaban J connectivity index is 1.71. The normalized spacial score (nSPS) is 20.8. The van der Waals surface area contributed by atoms with Gasteiger partial charge in [-0.25, -0.2) is 17.5 Å². The number of aliphatic imine (C=N–C) groups is 1. The number of nitrogens with two attached hydrogens (primary N) is 1. The highest BCUT2D eigenvalue weighted by Crippen LogP contribution is 2.13. The molecule has 150 valence electrons. The zero-order chi connectivity index (χ0) is 19.0. The van der Waals surface area contributed by atoms with Gasteiger partial charge >= 0.3 is 6.09 Å². The van der Waals surface area contributed by atoms with Crippen molar-refractivity contribution in [2.24, 2.45) is 10.7 Å². The fraction of sp³-hybridized carbons (Fsp3) is 0.867. The number of amides is 1. The van der Waals surface area contributed by atoms with Gasteiger partial charge in [-0.05, 0) is 19.8 Å². The third-order valence-electron chi connectivity index (χ3n) is 4.37. The van der Waals surface area contributed by atoms with Gasteiger partial charge in [0.15, 0.2) is 5.96 Å². The smallest absolute Gasteiger partial charge is 0.409 e. The van der Waals surface area contributed by atoms with Crippen LogP contribution in [0.1, 0.15) is 19.8 Å². The molecule has 0 unspecified atom stereocenters. The minimum absolute atomic E-state index is 0.0264. The van der Waals surface area contributed by atoms with E-state index >= 15 is 0 Å². The summed E-state index contributed by atoms with van der Waals surface area (Å²) in [4.78, 5) is 17.5. The first kappa shape index (κ1) is 21.1. The number of ether oxygens (including phenoxy) is 1. The van der Waals surface area contributed by atoms with Crippen molar-refractivity contribution in [3.05, 3.63) is 0 Å². The molecule has 2 saturated heterocycles. The van der Waals surface area contributed by atoms with E-state index in [4.69, 9.17) is 10.5 Å². The van der Waals surface area contributed by atoms with Crippen LogP contribution in [0.4, 0.5) is 4.79 Å². The number of carbonyl (C=O) groups excluding carboxylic acids is 1. The highest BCUT2D eigenvalue weighted by atomic mass is 32.2. The van der Waals surface area contributed by atoms with Crippen LogP contribution in [0.25, 0.3) is 0 Å². The number of thioether (sulfide) groups is 1. The summed E-state index contributed by atoms with van der Waals surface area (Å²) in [5.74, 6) is 1.92. The first-order valence-electron chi connectivity index (χ1n) is 8.96. The van der Waals surface area contributed by atoms with Gasteiger partial charge in [0.2, 0.25) is 10.0 Å². The van der Waals surface area contributed by atoms with Gasteiger partial charge in [0.25, 0.3) is 0 Å². The summed E-state index contributed by atoms with van der Waals surface area (Å²) in [7, 11) is -3.26. The number of hydrogen-bond acceptors (Lipinski definition) is 6. The molecular weight excluding hydrogens is 378 g/mol. The maximum absolute atomic E-state index is 12.2. The van der Waals surface area contributed by atoms with Crippen molar-refractivity contribution in [1.82, 2.24) is 14.5 Å². The van der Waals surface area contributed by atoms with Gasteiger partial charge in [-0.3, -0.25) is 4.99 Å². The van der Waals surface area contributed by atoms with Crippen LogP contribution >= 0.6 is 11.8 Å². The number of nitrogens with zero attached hydrogens (tertiary/aromatic N) is 3. The minimum Gasteiger partial charge on any atom is -0.450 e. The molecule has 0 aromatic carbocycles. The zero-order valence-electron chi connectivity index (χ0n) is 15.2. The molecule has 11 heteroatoms. The average Bonchev–Trinajstić information content (AvgIpc) is 2.63. The van der Waals surface area contributed by atoms with E-state index in [9.17, 15) is 13.2 Å². The number of carbonyl (C=O) groups is 1. The summed E-state index contributed by atoms with van der Waals surface area (Å²) in [6, 6.07) is 0.125. The molecule has 1 amide bonds. The molecule has 0 radical (unpaired) electrons. The second kappa shape index (κ2) is 10.2. The molecule has 2 aliphatic heterocycles. The van der Waals surface area contributed by atoms with Crippen LogP contribution in [0, 0.1) is 0 Å². The molecule has 0 aromatic heterocycles. The van der Waals surface area contributed by atoms with E-state index in [1.807, 2.05) is 0 Å². The molecule has 2 aliphatic rings. The zero-order valence-corrected chi connectivity index (χ0v) is 16.9. The van der Waals surface area contributed by atoms with E-state index < -0.39 is 10.0 Å². The molecule has 0 aromatic rings. The predicted molar refractivity (Wildman–Crippen MR) is 104 cm³/mol.